The van der Waals surface area contributed by atoms with E-state index in [1.807, 2.05) is 12.1 Å². The highest BCUT2D eigenvalue weighted by molar-refractivity contribution is 9.10. The predicted molar refractivity (Wildman–Crippen MR) is 133 cm³/mol. The quantitative estimate of drug-likeness (QED) is 0.294. The molecule has 0 N–H and O–H groups in total. The van der Waals surface area contributed by atoms with E-state index >= 15 is 0 Å². The number of nitrogens with zero attached hydrogens (tertiary/aromatic N) is 3. The van der Waals surface area contributed by atoms with E-state index < -0.39 is 0 Å². The van der Waals surface area contributed by atoms with Crippen LogP contribution in [0.5, 0.6) is 0 Å². The van der Waals surface area contributed by atoms with E-state index in [1.165, 1.54) is 22.4 Å². The molecule has 0 aliphatic rings. The third-order valence-corrected chi connectivity index (χ3v) is 6.19. The first kappa shape index (κ1) is 21.5. The molecular weight excluding hydrogens is 446 g/mol. The first-order chi connectivity index (χ1) is 14.9. The molecule has 0 aliphatic carbocycles. The lowest BCUT2D eigenvalue weighted by Gasteiger charge is -2.23. The van der Waals surface area contributed by atoms with Gasteiger partial charge in [0.2, 0.25) is 0 Å². The minimum atomic E-state index is 0.371. The number of benzene rings is 3. The zero-order valence-electron chi connectivity index (χ0n) is 18.7. The number of hydrogen-bond donors (Lipinski definition) is 0. The van der Waals surface area contributed by atoms with E-state index in [9.17, 15) is 0 Å². The zero-order valence-corrected chi connectivity index (χ0v) is 20.3. The molecule has 0 spiro atoms. The Bertz CT molecular complexity index is 1190. The molecular formula is C27H28BrN3. The summed E-state index contributed by atoms with van der Waals surface area (Å²) in [5, 5.41) is 9.44. The number of aryl methyl sites for hydroxylation is 1. The lowest BCUT2D eigenvalue weighted by Crippen LogP contribution is -2.10. The number of hydrogen-bond acceptors (Lipinski definition) is 2. The average molecular weight is 474 g/mol. The molecule has 0 radical (unpaired) electrons. The maximum Gasteiger partial charge on any atom is 0.169 e. The SMILES string of the molecule is Cc1ccccc1-c1nnc(-c2cccc(Br)c2)n1-c1c(C(C)C)cccc1C(C)C. The van der Waals surface area contributed by atoms with E-state index in [1.54, 1.807) is 0 Å². The van der Waals surface area contributed by atoms with Crippen LogP contribution in [-0.2, 0) is 0 Å². The lowest BCUT2D eigenvalue weighted by molar-refractivity contribution is 0.807. The van der Waals surface area contributed by atoms with Gasteiger partial charge in [0, 0.05) is 15.6 Å². The molecule has 0 unspecified atom stereocenters. The Morgan fingerprint density at radius 1 is 0.742 bits per heavy atom. The molecule has 31 heavy (non-hydrogen) atoms. The molecule has 4 heteroatoms. The molecule has 0 fully saturated rings. The Morgan fingerprint density at radius 2 is 1.35 bits per heavy atom. The van der Waals surface area contributed by atoms with Crippen molar-refractivity contribution in [1.82, 2.24) is 14.8 Å². The first-order valence-electron chi connectivity index (χ1n) is 10.8. The molecule has 0 aliphatic heterocycles. The van der Waals surface area contributed by atoms with E-state index in [4.69, 9.17) is 10.2 Å². The van der Waals surface area contributed by atoms with E-state index in [0.717, 1.165) is 27.2 Å². The van der Waals surface area contributed by atoms with Crippen LogP contribution in [0, 0.1) is 6.92 Å². The fraction of sp³-hybridized carbons (Fsp3) is 0.259. The van der Waals surface area contributed by atoms with Gasteiger partial charge in [-0.15, -0.1) is 10.2 Å². The maximum absolute atomic E-state index is 4.73. The molecule has 4 aromatic rings. The molecule has 4 rings (SSSR count). The van der Waals surface area contributed by atoms with Crippen LogP contribution in [-0.4, -0.2) is 14.8 Å². The van der Waals surface area contributed by atoms with Gasteiger partial charge in [0.05, 0.1) is 5.69 Å². The van der Waals surface area contributed by atoms with Gasteiger partial charge in [-0.2, -0.15) is 0 Å². The molecule has 3 nitrogen and oxygen atoms in total. The summed E-state index contributed by atoms with van der Waals surface area (Å²) in [7, 11) is 0. The van der Waals surface area contributed by atoms with Crippen LogP contribution in [0.15, 0.2) is 71.2 Å². The topological polar surface area (TPSA) is 30.7 Å². The number of halogens is 1. The highest BCUT2D eigenvalue weighted by Crippen LogP contribution is 2.38. The number of aromatic nitrogens is 3. The molecule has 0 saturated heterocycles. The van der Waals surface area contributed by atoms with Crippen molar-refractivity contribution in [2.24, 2.45) is 0 Å². The Morgan fingerprint density at radius 3 is 1.97 bits per heavy atom. The minimum Gasteiger partial charge on any atom is -0.274 e. The molecule has 0 saturated carbocycles. The van der Waals surface area contributed by atoms with Crippen LogP contribution in [0.3, 0.4) is 0 Å². The number of rotatable bonds is 5. The van der Waals surface area contributed by atoms with Gasteiger partial charge in [-0.1, -0.05) is 98.2 Å². The number of para-hydroxylation sites is 1. The summed E-state index contributed by atoms with van der Waals surface area (Å²) in [6.45, 7) is 11.1. The Balaban J connectivity index is 2.13. The van der Waals surface area contributed by atoms with Crippen molar-refractivity contribution < 1.29 is 0 Å². The van der Waals surface area contributed by atoms with Gasteiger partial charge >= 0.3 is 0 Å². The van der Waals surface area contributed by atoms with Crippen LogP contribution in [0.4, 0.5) is 0 Å². The molecule has 0 bridgehead atoms. The van der Waals surface area contributed by atoms with Crippen LogP contribution in [0.2, 0.25) is 0 Å². The monoisotopic (exact) mass is 473 g/mol. The Hall–Kier alpha value is -2.72. The van der Waals surface area contributed by atoms with Crippen molar-refractivity contribution in [3.05, 3.63) is 87.9 Å². The third-order valence-electron chi connectivity index (χ3n) is 5.70. The summed E-state index contributed by atoms with van der Waals surface area (Å²) in [6.07, 6.45) is 0. The molecule has 1 heterocycles. The highest BCUT2D eigenvalue weighted by atomic mass is 79.9. The van der Waals surface area contributed by atoms with E-state index in [2.05, 4.69) is 110 Å². The van der Waals surface area contributed by atoms with Gasteiger partial charge in [-0.05, 0) is 47.6 Å². The van der Waals surface area contributed by atoms with Crippen LogP contribution < -0.4 is 0 Å². The molecule has 158 valence electrons. The summed E-state index contributed by atoms with van der Waals surface area (Å²) in [4.78, 5) is 0. The van der Waals surface area contributed by atoms with Gasteiger partial charge < -0.3 is 0 Å². The lowest BCUT2D eigenvalue weighted by atomic mass is 9.92. The second-order valence-electron chi connectivity index (χ2n) is 8.60. The maximum atomic E-state index is 4.73. The van der Waals surface area contributed by atoms with Crippen molar-refractivity contribution in [2.75, 3.05) is 0 Å². The fourth-order valence-electron chi connectivity index (χ4n) is 4.08. The van der Waals surface area contributed by atoms with Crippen molar-refractivity contribution >= 4 is 15.9 Å². The standard InChI is InChI=1S/C27H28BrN3/c1-17(2)22-14-9-15-23(18(3)4)25(22)31-26(20-11-8-12-21(28)16-20)29-30-27(31)24-13-7-6-10-19(24)5/h6-18H,1-5H3. The second-order valence-corrected chi connectivity index (χ2v) is 9.52. The van der Waals surface area contributed by atoms with Crippen LogP contribution >= 0.6 is 15.9 Å². The summed E-state index contributed by atoms with van der Waals surface area (Å²) in [6, 6.07) is 23.3. The first-order valence-corrected chi connectivity index (χ1v) is 11.6. The Kier molecular flexibility index (Phi) is 6.10. The largest absolute Gasteiger partial charge is 0.274 e. The van der Waals surface area contributed by atoms with Gasteiger partial charge in [-0.25, -0.2) is 0 Å². The molecule has 3 aromatic carbocycles. The molecule has 1 aromatic heterocycles. The fourth-order valence-corrected chi connectivity index (χ4v) is 4.48. The summed E-state index contributed by atoms with van der Waals surface area (Å²) < 4.78 is 3.30. The highest BCUT2D eigenvalue weighted by Gasteiger charge is 2.24. The van der Waals surface area contributed by atoms with Crippen molar-refractivity contribution in [3.8, 4) is 28.5 Å². The molecule has 0 amide bonds. The van der Waals surface area contributed by atoms with Gasteiger partial charge in [0.25, 0.3) is 0 Å². The van der Waals surface area contributed by atoms with Gasteiger partial charge in [-0.3, -0.25) is 4.57 Å². The minimum absolute atomic E-state index is 0.371. The van der Waals surface area contributed by atoms with E-state index in [-0.39, 0.29) is 0 Å². The average Bonchev–Trinajstić information content (AvgIpc) is 3.18. The predicted octanol–water partition coefficient (Wildman–Crippen LogP) is 7.92. The van der Waals surface area contributed by atoms with Crippen LogP contribution in [0.25, 0.3) is 28.5 Å². The van der Waals surface area contributed by atoms with Gasteiger partial charge in [0.15, 0.2) is 11.6 Å². The normalized spacial score (nSPS) is 11.5. The molecule has 0 atom stereocenters. The summed E-state index contributed by atoms with van der Waals surface area (Å²) in [5.74, 6) is 2.48. The smallest absolute Gasteiger partial charge is 0.169 e. The second kappa shape index (κ2) is 8.80. The summed E-state index contributed by atoms with van der Waals surface area (Å²) in [5.41, 5.74) is 7.13. The van der Waals surface area contributed by atoms with Gasteiger partial charge in [0.1, 0.15) is 0 Å². The third kappa shape index (κ3) is 4.09. The Labute approximate surface area is 193 Å². The van der Waals surface area contributed by atoms with Crippen molar-refractivity contribution in [2.45, 2.75) is 46.5 Å². The van der Waals surface area contributed by atoms with Crippen LogP contribution in [0.1, 0.15) is 56.2 Å². The zero-order chi connectivity index (χ0) is 22.1. The van der Waals surface area contributed by atoms with E-state index in [0.29, 0.717) is 11.8 Å². The summed E-state index contributed by atoms with van der Waals surface area (Å²) >= 11 is 3.62. The van der Waals surface area contributed by atoms with Crippen molar-refractivity contribution in [3.63, 3.8) is 0 Å². The van der Waals surface area contributed by atoms with Crippen molar-refractivity contribution in [1.29, 1.82) is 0 Å².